The van der Waals surface area contributed by atoms with Crippen molar-refractivity contribution in [2.45, 2.75) is 30.8 Å². The number of aromatic carboxylic acids is 1. The number of carboxylic acids is 1. The number of ether oxygens (including phenoxy) is 1. The smallest absolute Gasteiger partial charge is 0.345 e. The second kappa shape index (κ2) is 5.80. The molecule has 2 heterocycles. The van der Waals surface area contributed by atoms with Gasteiger partial charge in [-0.2, -0.15) is 4.31 Å². The second-order valence-electron chi connectivity index (χ2n) is 4.70. The number of thiophene rings is 1. The molecule has 112 valence electrons. The van der Waals surface area contributed by atoms with Crippen LogP contribution in [-0.2, 0) is 14.8 Å². The molecule has 0 aliphatic carbocycles. The molecule has 0 amide bonds. The lowest BCUT2D eigenvalue weighted by atomic mass is 10.1. The van der Waals surface area contributed by atoms with E-state index >= 15 is 0 Å². The standard InChI is InChI=1S/C12H17NO5S2/c1-8-11(6-10(19-8)12(14)15)20(16,17)13-5-3-4-9(7-13)18-2/h6,9H,3-5,7H2,1-2H3,(H,14,15). The highest BCUT2D eigenvalue weighted by atomic mass is 32.2. The van der Waals surface area contributed by atoms with Crippen LogP contribution in [0.25, 0.3) is 0 Å². The molecule has 2 rings (SSSR count). The summed E-state index contributed by atoms with van der Waals surface area (Å²) in [6.45, 7) is 2.39. The van der Waals surface area contributed by atoms with Crippen LogP contribution in [0.5, 0.6) is 0 Å². The number of piperidine rings is 1. The van der Waals surface area contributed by atoms with Crippen LogP contribution in [-0.4, -0.2) is 50.1 Å². The van der Waals surface area contributed by atoms with Crippen molar-refractivity contribution in [2.24, 2.45) is 0 Å². The predicted molar refractivity (Wildman–Crippen MR) is 74.8 cm³/mol. The molecule has 1 aliphatic heterocycles. The Bertz CT molecular complexity index is 607. The average Bonchev–Trinajstić information content (AvgIpc) is 2.82. The van der Waals surface area contributed by atoms with Crippen molar-refractivity contribution < 1.29 is 23.1 Å². The number of carboxylic acid groups (broad SMARTS) is 1. The first-order valence-corrected chi connectivity index (χ1v) is 8.48. The summed E-state index contributed by atoms with van der Waals surface area (Å²) >= 11 is 0.983. The molecule has 1 aromatic heterocycles. The summed E-state index contributed by atoms with van der Waals surface area (Å²) in [5.74, 6) is -1.10. The van der Waals surface area contributed by atoms with E-state index in [0.717, 1.165) is 24.2 Å². The van der Waals surface area contributed by atoms with Gasteiger partial charge in [0.05, 0.1) is 11.0 Å². The summed E-state index contributed by atoms with van der Waals surface area (Å²) in [5.41, 5.74) is 0. The Labute approximate surface area is 122 Å². The Morgan fingerprint density at radius 2 is 2.25 bits per heavy atom. The van der Waals surface area contributed by atoms with Crippen molar-refractivity contribution in [3.8, 4) is 0 Å². The zero-order valence-electron chi connectivity index (χ0n) is 11.3. The fourth-order valence-corrected chi connectivity index (χ4v) is 5.19. The lowest BCUT2D eigenvalue weighted by Gasteiger charge is -2.30. The number of hydrogen-bond acceptors (Lipinski definition) is 5. The van der Waals surface area contributed by atoms with Crippen molar-refractivity contribution in [1.29, 1.82) is 0 Å². The van der Waals surface area contributed by atoms with E-state index in [2.05, 4.69) is 0 Å². The molecule has 20 heavy (non-hydrogen) atoms. The summed E-state index contributed by atoms with van der Waals surface area (Å²) in [4.78, 5) is 11.6. The van der Waals surface area contributed by atoms with E-state index in [4.69, 9.17) is 9.84 Å². The van der Waals surface area contributed by atoms with E-state index < -0.39 is 16.0 Å². The van der Waals surface area contributed by atoms with E-state index in [1.165, 1.54) is 10.4 Å². The van der Waals surface area contributed by atoms with Gasteiger partial charge in [0.2, 0.25) is 10.0 Å². The third-order valence-electron chi connectivity index (χ3n) is 3.38. The molecule has 1 aliphatic rings. The average molecular weight is 319 g/mol. The van der Waals surface area contributed by atoms with Gasteiger partial charge in [0.1, 0.15) is 4.88 Å². The molecular formula is C12H17NO5S2. The number of aryl methyl sites for hydroxylation is 1. The maximum absolute atomic E-state index is 12.6. The Hall–Kier alpha value is -0.960. The molecule has 6 nitrogen and oxygen atoms in total. The van der Waals surface area contributed by atoms with E-state index in [0.29, 0.717) is 18.0 Å². The number of carbonyl (C=O) groups is 1. The van der Waals surface area contributed by atoms with Crippen molar-refractivity contribution in [3.05, 3.63) is 15.8 Å². The Kier molecular flexibility index (Phi) is 4.48. The van der Waals surface area contributed by atoms with E-state index in [1.54, 1.807) is 14.0 Å². The highest BCUT2D eigenvalue weighted by Gasteiger charge is 2.32. The number of hydrogen-bond donors (Lipinski definition) is 1. The number of rotatable bonds is 4. The first-order chi connectivity index (χ1) is 9.36. The fraction of sp³-hybridized carbons (Fsp3) is 0.583. The molecule has 1 saturated heterocycles. The van der Waals surface area contributed by atoms with Crippen LogP contribution in [0.15, 0.2) is 11.0 Å². The van der Waals surface area contributed by atoms with Gasteiger partial charge >= 0.3 is 5.97 Å². The fourth-order valence-electron chi connectivity index (χ4n) is 2.28. The molecule has 1 N–H and O–H groups in total. The van der Waals surface area contributed by atoms with Gasteiger partial charge in [-0.25, -0.2) is 13.2 Å². The van der Waals surface area contributed by atoms with Gasteiger partial charge in [-0.15, -0.1) is 11.3 Å². The summed E-state index contributed by atoms with van der Waals surface area (Å²) in [7, 11) is -2.08. The molecule has 0 spiro atoms. The topological polar surface area (TPSA) is 83.9 Å². The summed E-state index contributed by atoms with van der Waals surface area (Å²) < 4.78 is 31.8. The maximum atomic E-state index is 12.6. The molecule has 0 aromatic carbocycles. The van der Waals surface area contributed by atoms with E-state index in [9.17, 15) is 13.2 Å². The molecule has 0 bridgehead atoms. The Balaban J connectivity index is 2.32. The zero-order chi connectivity index (χ0) is 14.9. The monoisotopic (exact) mass is 319 g/mol. The maximum Gasteiger partial charge on any atom is 0.345 e. The van der Waals surface area contributed by atoms with Crippen LogP contribution in [0.3, 0.4) is 0 Å². The lowest BCUT2D eigenvalue weighted by Crippen LogP contribution is -2.42. The van der Waals surface area contributed by atoms with Gasteiger partial charge in [-0.1, -0.05) is 0 Å². The van der Waals surface area contributed by atoms with Crippen LogP contribution in [0.4, 0.5) is 0 Å². The highest BCUT2D eigenvalue weighted by molar-refractivity contribution is 7.89. The normalized spacial score (nSPS) is 21.0. The number of sulfonamides is 1. The molecule has 8 heteroatoms. The van der Waals surface area contributed by atoms with Crippen LogP contribution in [0.2, 0.25) is 0 Å². The van der Waals surface area contributed by atoms with Gasteiger partial charge in [-0.05, 0) is 25.8 Å². The summed E-state index contributed by atoms with van der Waals surface area (Å²) in [6.07, 6.45) is 1.48. The van der Waals surface area contributed by atoms with Gasteiger partial charge in [-0.3, -0.25) is 0 Å². The zero-order valence-corrected chi connectivity index (χ0v) is 13.0. The van der Waals surface area contributed by atoms with Crippen molar-refractivity contribution in [3.63, 3.8) is 0 Å². The molecule has 0 radical (unpaired) electrons. The van der Waals surface area contributed by atoms with Crippen LogP contribution < -0.4 is 0 Å². The van der Waals surface area contributed by atoms with E-state index in [-0.39, 0.29) is 15.9 Å². The Morgan fingerprint density at radius 3 is 2.80 bits per heavy atom. The second-order valence-corrected chi connectivity index (χ2v) is 7.86. The molecule has 1 unspecified atom stereocenters. The van der Waals surface area contributed by atoms with Crippen molar-refractivity contribution in [1.82, 2.24) is 4.31 Å². The predicted octanol–water partition coefficient (Wildman–Crippen LogP) is 1.55. The third-order valence-corrected chi connectivity index (χ3v) is 6.53. The first-order valence-electron chi connectivity index (χ1n) is 6.23. The molecule has 1 aromatic rings. The van der Waals surface area contributed by atoms with Crippen LogP contribution in [0.1, 0.15) is 27.4 Å². The molecule has 1 fully saturated rings. The lowest BCUT2D eigenvalue weighted by molar-refractivity contribution is 0.0571. The highest BCUT2D eigenvalue weighted by Crippen LogP contribution is 2.30. The number of nitrogens with zero attached hydrogens (tertiary/aromatic N) is 1. The van der Waals surface area contributed by atoms with Gasteiger partial charge in [0, 0.05) is 25.1 Å². The number of methoxy groups -OCH3 is 1. The van der Waals surface area contributed by atoms with Crippen LogP contribution >= 0.6 is 11.3 Å². The minimum absolute atomic E-state index is 0.0429. The first kappa shape index (κ1) is 15.4. The summed E-state index contributed by atoms with van der Waals surface area (Å²) in [5, 5.41) is 8.96. The minimum atomic E-state index is -3.65. The van der Waals surface area contributed by atoms with Crippen molar-refractivity contribution >= 4 is 27.3 Å². The molecular weight excluding hydrogens is 302 g/mol. The van der Waals surface area contributed by atoms with Crippen LogP contribution in [0, 0.1) is 6.92 Å². The minimum Gasteiger partial charge on any atom is -0.477 e. The SMILES string of the molecule is COC1CCCN(S(=O)(=O)c2cc(C(=O)O)sc2C)C1. The molecule has 0 saturated carbocycles. The third kappa shape index (κ3) is 2.88. The summed E-state index contributed by atoms with van der Waals surface area (Å²) in [6, 6.07) is 1.24. The van der Waals surface area contributed by atoms with Gasteiger partial charge < -0.3 is 9.84 Å². The largest absolute Gasteiger partial charge is 0.477 e. The van der Waals surface area contributed by atoms with Crippen molar-refractivity contribution in [2.75, 3.05) is 20.2 Å². The Morgan fingerprint density at radius 1 is 1.55 bits per heavy atom. The van der Waals surface area contributed by atoms with Gasteiger partial charge in [0.15, 0.2) is 0 Å². The molecule has 1 atom stereocenters. The quantitative estimate of drug-likeness (QED) is 0.910. The van der Waals surface area contributed by atoms with E-state index in [1.807, 2.05) is 0 Å². The van der Waals surface area contributed by atoms with Gasteiger partial charge in [0.25, 0.3) is 0 Å².